The van der Waals surface area contributed by atoms with Gasteiger partial charge in [-0.1, -0.05) is 6.92 Å². The van der Waals surface area contributed by atoms with Gasteiger partial charge in [0.15, 0.2) is 0 Å². The molecule has 0 bridgehead atoms. The van der Waals surface area contributed by atoms with Gasteiger partial charge >= 0.3 is 0 Å². The van der Waals surface area contributed by atoms with Gasteiger partial charge < -0.3 is 10.8 Å². The molecule has 1 aliphatic rings. The summed E-state index contributed by atoms with van der Waals surface area (Å²) >= 11 is 0. The van der Waals surface area contributed by atoms with Gasteiger partial charge in [-0.3, -0.25) is 0 Å². The molecule has 1 fully saturated rings. The first kappa shape index (κ1) is 12.5. The smallest absolute Gasteiger partial charge is 0.127 e. The fraction of sp³-hybridized carbons (Fsp3) is 0.538. The number of hydrogen-bond donors (Lipinski definition) is 2. The van der Waals surface area contributed by atoms with Crippen molar-refractivity contribution in [1.29, 1.82) is 0 Å². The average molecular weight is 241 g/mol. The van der Waals surface area contributed by atoms with E-state index in [1.165, 1.54) is 19.1 Å². The molecule has 3 N–H and O–H groups in total. The third kappa shape index (κ3) is 1.58. The van der Waals surface area contributed by atoms with Crippen molar-refractivity contribution >= 4 is 0 Å². The first-order valence-corrected chi connectivity index (χ1v) is 5.67. The zero-order chi connectivity index (χ0) is 12.8. The number of hydrogen-bond acceptors (Lipinski definition) is 2. The summed E-state index contributed by atoms with van der Waals surface area (Å²) < 4.78 is 27.4. The summed E-state index contributed by atoms with van der Waals surface area (Å²) in [4.78, 5) is 0. The van der Waals surface area contributed by atoms with Gasteiger partial charge in [0, 0.05) is 17.4 Å². The van der Waals surface area contributed by atoms with E-state index in [0.29, 0.717) is 12.0 Å². The van der Waals surface area contributed by atoms with Crippen molar-refractivity contribution in [1.82, 2.24) is 0 Å². The van der Waals surface area contributed by atoms with Crippen LogP contribution in [0.1, 0.15) is 24.5 Å². The lowest BCUT2D eigenvalue weighted by atomic mass is 9.87. The molecule has 1 aliphatic carbocycles. The van der Waals surface area contributed by atoms with Crippen LogP contribution in [0.3, 0.4) is 0 Å². The van der Waals surface area contributed by atoms with Crippen LogP contribution >= 0.6 is 0 Å². The van der Waals surface area contributed by atoms with Crippen LogP contribution in [0.2, 0.25) is 0 Å². The number of benzene rings is 1. The molecule has 1 aromatic carbocycles. The minimum atomic E-state index is -0.560. The minimum absolute atomic E-state index is 0.102. The highest BCUT2D eigenvalue weighted by molar-refractivity contribution is 5.40. The molecular formula is C13H17F2NO. The SMILES string of the molecule is Cc1cc(F)c(C2(C)CC2(CN)CO)cc1F. The Morgan fingerprint density at radius 1 is 1.35 bits per heavy atom. The number of aliphatic hydroxyl groups excluding tert-OH is 1. The van der Waals surface area contributed by atoms with Crippen LogP contribution in [-0.2, 0) is 5.41 Å². The van der Waals surface area contributed by atoms with Gasteiger partial charge in [-0.2, -0.15) is 0 Å². The van der Waals surface area contributed by atoms with Gasteiger partial charge in [-0.15, -0.1) is 0 Å². The Morgan fingerprint density at radius 2 is 2.00 bits per heavy atom. The monoisotopic (exact) mass is 241 g/mol. The molecule has 0 aliphatic heterocycles. The van der Waals surface area contributed by atoms with Crippen LogP contribution in [0.25, 0.3) is 0 Å². The topological polar surface area (TPSA) is 46.2 Å². The predicted octanol–water partition coefficient (Wildman–Crippen LogP) is 1.87. The van der Waals surface area contributed by atoms with Gasteiger partial charge in [0.05, 0.1) is 6.61 Å². The molecule has 0 radical (unpaired) electrons. The molecule has 94 valence electrons. The second-order valence-corrected chi connectivity index (χ2v) is 5.23. The van der Waals surface area contributed by atoms with Crippen molar-refractivity contribution < 1.29 is 13.9 Å². The summed E-state index contributed by atoms with van der Waals surface area (Å²) in [5.41, 5.74) is 5.18. The second kappa shape index (κ2) is 3.75. The van der Waals surface area contributed by atoms with E-state index in [0.717, 1.165) is 0 Å². The summed E-state index contributed by atoms with van der Waals surface area (Å²) in [6.07, 6.45) is 0.590. The summed E-state index contributed by atoms with van der Waals surface area (Å²) in [6.45, 7) is 3.52. The lowest BCUT2D eigenvalue weighted by Gasteiger charge is -2.20. The molecule has 2 atom stereocenters. The fourth-order valence-electron chi connectivity index (χ4n) is 2.67. The second-order valence-electron chi connectivity index (χ2n) is 5.23. The molecule has 17 heavy (non-hydrogen) atoms. The highest BCUT2D eigenvalue weighted by Crippen LogP contribution is 2.64. The van der Waals surface area contributed by atoms with Crippen molar-refractivity contribution in [2.75, 3.05) is 13.2 Å². The number of halogens is 2. The maximum absolute atomic E-state index is 13.9. The van der Waals surface area contributed by atoms with Gasteiger partial charge in [0.25, 0.3) is 0 Å². The Labute approximate surface area is 99.4 Å². The fourth-order valence-corrected chi connectivity index (χ4v) is 2.67. The number of rotatable bonds is 3. The molecule has 0 aromatic heterocycles. The summed E-state index contributed by atoms with van der Waals surface area (Å²) in [6, 6.07) is 2.44. The molecule has 0 spiro atoms. The molecule has 4 heteroatoms. The van der Waals surface area contributed by atoms with E-state index >= 15 is 0 Å². The largest absolute Gasteiger partial charge is 0.396 e. The third-order valence-electron chi connectivity index (χ3n) is 4.27. The molecule has 0 heterocycles. The van der Waals surface area contributed by atoms with Crippen molar-refractivity contribution in [3.63, 3.8) is 0 Å². The zero-order valence-corrected chi connectivity index (χ0v) is 10.1. The standard InChI is InChI=1S/C13H17F2NO/c1-8-3-11(15)9(4-10(8)14)12(2)5-13(12,6-16)7-17/h3-4,17H,5-7,16H2,1-2H3. The number of aliphatic hydroxyl groups is 1. The van der Waals surface area contributed by atoms with Crippen LogP contribution in [0.15, 0.2) is 12.1 Å². The molecule has 2 nitrogen and oxygen atoms in total. The van der Waals surface area contributed by atoms with Crippen molar-refractivity contribution in [3.8, 4) is 0 Å². The van der Waals surface area contributed by atoms with E-state index in [-0.39, 0.29) is 18.7 Å². The van der Waals surface area contributed by atoms with Crippen LogP contribution in [0.5, 0.6) is 0 Å². The zero-order valence-electron chi connectivity index (χ0n) is 10.1. The van der Waals surface area contributed by atoms with Crippen molar-refractivity contribution in [2.45, 2.75) is 25.7 Å². The van der Waals surface area contributed by atoms with E-state index < -0.39 is 22.5 Å². The maximum atomic E-state index is 13.9. The first-order valence-electron chi connectivity index (χ1n) is 5.67. The Balaban J connectivity index is 2.47. The summed E-state index contributed by atoms with van der Waals surface area (Å²) in [5.74, 6) is -0.839. The van der Waals surface area contributed by atoms with E-state index in [4.69, 9.17) is 5.73 Å². The molecular weight excluding hydrogens is 224 g/mol. The molecule has 0 saturated heterocycles. The minimum Gasteiger partial charge on any atom is -0.396 e. The van der Waals surface area contributed by atoms with Gasteiger partial charge in [-0.25, -0.2) is 8.78 Å². The van der Waals surface area contributed by atoms with Crippen LogP contribution < -0.4 is 5.73 Å². The highest BCUT2D eigenvalue weighted by Gasteiger charge is 2.64. The van der Waals surface area contributed by atoms with Crippen LogP contribution in [0.4, 0.5) is 8.78 Å². The van der Waals surface area contributed by atoms with Crippen molar-refractivity contribution in [2.24, 2.45) is 11.1 Å². The molecule has 2 unspecified atom stereocenters. The molecule has 2 rings (SSSR count). The lowest BCUT2D eigenvalue weighted by Crippen LogP contribution is -2.28. The highest BCUT2D eigenvalue weighted by atomic mass is 19.1. The van der Waals surface area contributed by atoms with E-state index in [1.54, 1.807) is 0 Å². The normalized spacial score (nSPS) is 31.6. The predicted molar refractivity (Wildman–Crippen MR) is 61.6 cm³/mol. The van der Waals surface area contributed by atoms with Gasteiger partial charge in [0.1, 0.15) is 11.6 Å². The average Bonchev–Trinajstić information content (AvgIpc) is 2.91. The Kier molecular flexibility index (Phi) is 2.75. The molecule has 1 saturated carbocycles. The Morgan fingerprint density at radius 3 is 2.47 bits per heavy atom. The van der Waals surface area contributed by atoms with Gasteiger partial charge in [-0.05, 0) is 36.6 Å². The van der Waals surface area contributed by atoms with Crippen LogP contribution in [-0.4, -0.2) is 18.3 Å². The van der Waals surface area contributed by atoms with Crippen molar-refractivity contribution in [3.05, 3.63) is 34.9 Å². The number of nitrogens with two attached hydrogens (primary N) is 1. The maximum Gasteiger partial charge on any atom is 0.127 e. The molecule has 1 aromatic rings. The Hall–Kier alpha value is -1.00. The third-order valence-corrected chi connectivity index (χ3v) is 4.27. The van der Waals surface area contributed by atoms with E-state index in [2.05, 4.69) is 0 Å². The molecule has 0 amide bonds. The summed E-state index contributed by atoms with van der Waals surface area (Å²) in [5, 5.41) is 9.37. The summed E-state index contributed by atoms with van der Waals surface area (Å²) in [7, 11) is 0. The van der Waals surface area contributed by atoms with Crippen LogP contribution in [0, 0.1) is 24.0 Å². The lowest BCUT2D eigenvalue weighted by molar-refractivity contribution is 0.197. The first-order chi connectivity index (χ1) is 7.90. The quantitative estimate of drug-likeness (QED) is 0.848. The van der Waals surface area contributed by atoms with E-state index in [9.17, 15) is 13.9 Å². The number of aryl methyl sites for hydroxylation is 1. The van der Waals surface area contributed by atoms with Gasteiger partial charge in [0.2, 0.25) is 0 Å². The van der Waals surface area contributed by atoms with E-state index in [1.807, 2.05) is 6.92 Å². The Bertz CT molecular complexity index is 457.